The van der Waals surface area contributed by atoms with Gasteiger partial charge in [-0.1, -0.05) is 180 Å². The maximum atomic E-state index is 13.0. The first kappa shape index (κ1) is 66.2. The second kappa shape index (κ2) is 44.3. The Hall–Kier alpha value is -3.87. The van der Waals surface area contributed by atoms with Crippen molar-refractivity contribution >= 4 is 5.91 Å². The van der Waals surface area contributed by atoms with E-state index in [1.165, 1.54) is 0 Å². The monoisotopic (exact) mass is 1040 g/mol. The molecule has 2 aliphatic heterocycles. The zero-order chi connectivity index (χ0) is 53.9. The Morgan fingerprint density at radius 3 is 1.41 bits per heavy atom. The Balaban J connectivity index is 1.56. The minimum Gasteiger partial charge on any atom is -0.394 e. The first-order chi connectivity index (χ1) is 36.1. The summed E-state index contributed by atoms with van der Waals surface area (Å²) in [4.78, 5) is 13.0. The molecule has 0 aromatic heterocycles. The SMILES string of the molecule is CC/C=C\C/C=C\C/C=C\C/C=C\C/C=C\C/C=C\C/C=C\C/C=C\C/C=C\C/C=C\CCCCCCCCC(=O)NC(COC1OC(CO)C(OC2OC(CO)C(O)C(O)C2O)C(O)C1O)C(O)/C=C/CCC. The molecular formula is C60H95NO13. The number of amides is 1. The Morgan fingerprint density at radius 1 is 0.500 bits per heavy atom. The fraction of sp³-hybridized carbons (Fsp3) is 0.617. The Kier molecular flexibility index (Phi) is 39.6. The molecule has 9 N–H and O–H groups in total. The van der Waals surface area contributed by atoms with Crippen molar-refractivity contribution in [2.24, 2.45) is 0 Å². The highest BCUT2D eigenvalue weighted by Crippen LogP contribution is 2.30. The third kappa shape index (κ3) is 30.0. The normalized spacial score (nSPS) is 26.3. The van der Waals surface area contributed by atoms with E-state index < -0.39 is 86.8 Å². The molecule has 0 aromatic carbocycles. The van der Waals surface area contributed by atoms with Gasteiger partial charge in [0.1, 0.15) is 48.8 Å². The molecule has 14 nitrogen and oxygen atoms in total. The van der Waals surface area contributed by atoms with E-state index in [1.54, 1.807) is 12.2 Å². The predicted molar refractivity (Wildman–Crippen MR) is 295 cm³/mol. The second-order valence-electron chi connectivity index (χ2n) is 18.6. The minimum absolute atomic E-state index is 0.252. The number of hydrogen-bond donors (Lipinski definition) is 9. The lowest BCUT2D eigenvalue weighted by atomic mass is 9.97. The standard InChI is InChI=1S/C60H95NO13/c1-3-5-7-8-9-10-11-12-13-14-15-16-17-18-19-20-21-22-23-24-25-26-27-28-29-30-31-32-33-34-35-36-37-38-39-40-42-44-52(65)61-48(49(64)43-41-6-4-2)47-71-59-57(70)55(68)58(51(46-63)73-59)74-60-56(69)54(67)53(66)50(45-62)72-60/h5,7,9-10,12-13,15-16,18-19,21-22,24-25,27-28,30-31,33-34,41,43,48-51,53-60,62-64,66-70H,3-4,6,8,11,14,17,20,23,26,29,32,35-40,42,44-47H2,1-2H3,(H,61,65)/b7-5-,10-9-,13-12-,16-15-,19-18-,22-21-,25-24-,28-27-,31-30-,34-33-,43-41+. The van der Waals surface area contributed by atoms with Gasteiger partial charge in [0.2, 0.25) is 5.91 Å². The number of aliphatic hydroxyl groups excluding tert-OH is 8. The number of aliphatic hydroxyl groups is 8. The molecule has 0 saturated carbocycles. The van der Waals surface area contributed by atoms with E-state index in [0.29, 0.717) is 12.8 Å². The number of allylic oxidation sites excluding steroid dienone is 21. The summed E-state index contributed by atoms with van der Waals surface area (Å²) in [5.41, 5.74) is 0. The number of carbonyl (C=O) groups is 1. The van der Waals surface area contributed by atoms with Crippen molar-refractivity contribution in [3.05, 3.63) is 134 Å². The van der Waals surface area contributed by atoms with Gasteiger partial charge >= 0.3 is 0 Å². The van der Waals surface area contributed by atoms with Crippen LogP contribution in [0.15, 0.2) is 134 Å². The van der Waals surface area contributed by atoms with E-state index in [-0.39, 0.29) is 18.9 Å². The Bertz CT molecular complexity index is 1750. The zero-order valence-corrected chi connectivity index (χ0v) is 44.5. The molecule has 74 heavy (non-hydrogen) atoms. The van der Waals surface area contributed by atoms with E-state index >= 15 is 0 Å². The van der Waals surface area contributed by atoms with Crippen molar-refractivity contribution in [1.29, 1.82) is 0 Å². The van der Waals surface area contributed by atoms with Crippen LogP contribution in [0.5, 0.6) is 0 Å². The number of hydrogen-bond acceptors (Lipinski definition) is 13. The van der Waals surface area contributed by atoms with E-state index in [2.05, 4.69) is 134 Å². The van der Waals surface area contributed by atoms with Gasteiger partial charge in [-0.25, -0.2) is 0 Å². The molecule has 0 radical (unpaired) electrons. The quantitative estimate of drug-likeness (QED) is 0.0208. The van der Waals surface area contributed by atoms with Crippen LogP contribution in [-0.2, 0) is 23.7 Å². The van der Waals surface area contributed by atoms with Crippen LogP contribution in [0.4, 0.5) is 0 Å². The molecule has 0 aromatic rings. The molecule has 2 fully saturated rings. The van der Waals surface area contributed by atoms with Crippen LogP contribution >= 0.6 is 0 Å². The molecule has 14 heteroatoms. The molecule has 1 amide bonds. The van der Waals surface area contributed by atoms with E-state index in [9.17, 15) is 45.6 Å². The van der Waals surface area contributed by atoms with E-state index in [4.69, 9.17) is 18.9 Å². The summed E-state index contributed by atoms with van der Waals surface area (Å²) in [5, 5.41) is 85.9. The van der Waals surface area contributed by atoms with Gasteiger partial charge in [0, 0.05) is 6.42 Å². The lowest BCUT2D eigenvalue weighted by Crippen LogP contribution is -2.65. The summed E-state index contributed by atoms with van der Waals surface area (Å²) in [6, 6.07) is -0.928. The smallest absolute Gasteiger partial charge is 0.220 e. The molecule has 0 spiro atoms. The van der Waals surface area contributed by atoms with Crippen molar-refractivity contribution in [3.63, 3.8) is 0 Å². The number of carbonyl (C=O) groups excluding carboxylic acids is 1. The van der Waals surface area contributed by atoms with Crippen LogP contribution in [0.25, 0.3) is 0 Å². The number of ether oxygens (including phenoxy) is 4. The highest BCUT2D eigenvalue weighted by Gasteiger charge is 2.51. The van der Waals surface area contributed by atoms with E-state index in [0.717, 1.165) is 109 Å². The molecule has 0 aliphatic carbocycles. The van der Waals surface area contributed by atoms with Crippen LogP contribution in [-0.4, -0.2) is 140 Å². The summed E-state index contributed by atoms with van der Waals surface area (Å²) >= 11 is 0. The van der Waals surface area contributed by atoms with Crippen LogP contribution in [0, 0.1) is 0 Å². The number of nitrogens with one attached hydrogen (secondary N) is 1. The fourth-order valence-electron chi connectivity index (χ4n) is 7.91. The molecule has 0 bridgehead atoms. The summed E-state index contributed by atoms with van der Waals surface area (Å²) in [6.07, 6.45) is 49.1. The molecule has 2 heterocycles. The molecule has 2 saturated heterocycles. The van der Waals surface area contributed by atoms with Crippen molar-refractivity contribution in [2.45, 2.75) is 216 Å². The van der Waals surface area contributed by atoms with Gasteiger partial charge in [-0.15, -0.1) is 0 Å². The predicted octanol–water partition coefficient (Wildman–Crippen LogP) is 8.43. The zero-order valence-electron chi connectivity index (χ0n) is 44.5. The lowest BCUT2D eigenvalue weighted by molar-refractivity contribution is -0.359. The van der Waals surface area contributed by atoms with Gasteiger partial charge in [0.05, 0.1) is 32.0 Å². The summed E-state index contributed by atoms with van der Waals surface area (Å²) in [5.74, 6) is -0.274. The topological polar surface area (TPSA) is 228 Å². The van der Waals surface area contributed by atoms with E-state index in [1.807, 2.05) is 6.92 Å². The van der Waals surface area contributed by atoms with Crippen LogP contribution in [0.1, 0.15) is 142 Å². The van der Waals surface area contributed by atoms with Gasteiger partial charge in [-0.3, -0.25) is 4.79 Å². The van der Waals surface area contributed by atoms with Crippen molar-refractivity contribution in [1.82, 2.24) is 5.32 Å². The summed E-state index contributed by atoms with van der Waals surface area (Å²) in [6.45, 7) is 2.39. The highest BCUT2D eigenvalue weighted by molar-refractivity contribution is 5.76. The largest absolute Gasteiger partial charge is 0.394 e. The average molecular weight is 1040 g/mol. The second-order valence-corrected chi connectivity index (χ2v) is 18.6. The highest BCUT2D eigenvalue weighted by atomic mass is 16.7. The fourth-order valence-corrected chi connectivity index (χ4v) is 7.91. The lowest BCUT2D eigenvalue weighted by Gasteiger charge is -2.46. The minimum atomic E-state index is -1.79. The van der Waals surface area contributed by atoms with Crippen LogP contribution in [0.3, 0.4) is 0 Å². The average Bonchev–Trinajstić information content (AvgIpc) is 3.40. The number of unbranched alkanes of at least 4 members (excludes halogenated alkanes) is 7. The van der Waals surface area contributed by atoms with Crippen molar-refractivity contribution < 1.29 is 64.6 Å². The Labute approximate surface area is 443 Å². The molecule has 2 rings (SSSR count). The van der Waals surface area contributed by atoms with Crippen molar-refractivity contribution in [3.8, 4) is 0 Å². The van der Waals surface area contributed by atoms with Crippen LogP contribution < -0.4 is 5.32 Å². The third-order valence-electron chi connectivity index (χ3n) is 12.3. The maximum Gasteiger partial charge on any atom is 0.220 e. The van der Waals surface area contributed by atoms with Gasteiger partial charge in [0.15, 0.2) is 12.6 Å². The third-order valence-corrected chi connectivity index (χ3v) is 12.3. The molecule has 12 atom stereocenters. The Morgan fingerprint density at radius 2 is 0.932 bits per heavy atom. The first-order valence-electron chi connectivity index (χ1n) is 27.4. The number of rotatable bonds is 40. The maximum absolute atomic E-state index is 13.0. The van der Waals surface area contributed by atoms with Crippen LogP contribution in [0.2, 0.25) is 0 Å². The molecular weight excluding hydrogens is 943 g/mol. The van der Waals surface area contributed by atoms with Crippen molar-refractivity contribution in [2.75, 3.05) is 19.8 Å². The molecule has 2 aliphatic rings. The molecule has 418 valence electrons. The summed E-state index contributed by atoms with van der Waals surface area (Å²) < 4.78 is 22.5. The van der Waals surface area contributed by atoms with Gasteiger partial charge in [-0.2, -0.15) is 0 Å². The first-order valence-corrected chi connectivity index (χ1v) is 27.4. The van der Waals surface area contributed by atoms with Gasteiger partial charge in [0.25, 0.3) is 0 Å². The molecule has 12 unspecified atom stereocenters. The van der Waals surface area contributed by atoms with Gasteiger partial charge in [-0.05, 0) is 89.9 Å². The summed E-state index contributed by atoms with van der Waals surface area (Å²) in [7, 11) is 0. The van der Waals surface area contributed by atoms with Gasteiger partial charge < -0.3 is 65.1 Å².